The molecule has 0 bridgehead atoms. The second-order valence-corrected chi connectivity index (χ2v) is 3.49. The Hall–Kier alpha value is -2.17. The van der Waals surface area contributed by atoms with Gasteiger partial charge in [0.2, 0.25) is 0 Å². The van der Waals surface area contributed by atoms with Gasteiger partial charge in [0.05, 0.1) is 11.3 Å². The van der Waals surface area contributed by atoms with Gasteiger partial charge in [0, 0.05) is 18.3 Å². The fraction of sp³-hybridized carbons (Fsp3) is 0. The Kier molecular flexibility index (Phi) is 3.41. The summed E-state index contributed by atoms with van der Waals surface area (Å²) in [7, 11) is 0. The quantitative estimate of drug-likeness (QED) is 0.566. The lowest BCUT2D eigenvalue weighted by Gasteiger charge is -2.00. The molecule has 0 N–H and O–H groups in total. The van der Waals surface area contributed by atoms with E-state index in [1.165, 1.54) is 24.3 Å². The largest absolute Gasteiger partial charge is 0.253 e. The first kappa shape index (κ1) is 12.3. The van der Waals surface area contributed by atoms with E-state index < -0.39 is 28.8 Å². The Balaban J connectivity index is 2.38. The standard InChI is InChI=1S/C13H7F4N/c14-8-5-11(16)9(12(17)6-8)7-18-13-4-2-1-3-10(13)15/h1-7H. The molecule has 0 aliphatic heterocycles. The molecule has 5 heteroatoms. The van der Waals surface area contributed by atoms with Gasteiger partial charge in [-0.15, -0.1) is 0 Å². The number of rotatable bonds is 2. The third-order valence-corrected chi connectivity index (χ3v) is 2.23. The number of para-hydroxylation sites is 1. The summed E-state index contributed by atoms with van der Waals surface area (Å²) in [6.45, 7) is 0. The number of hydrogen-bond acceptors (Lipinski definition) is 1. The van der Waals surface area contributed by atoms with Gasteiger partial charge in [-0.2, -0.15) is 0 Å². The van der Waals surface area contributed by atoms with Crippen LogP contribution in [-0.2, 0) is 0 Å². The molecular formula is C13H7F4N. The van der Waals surface area contributed by atoms with Crippen LogP contribution in [0.1, 0.15) is 5.56 Å². The Bertz CT molecular complexity index is 585. The molecule has 2 aromatic rings. The minimum Gasteiger partial charge on any atom is -0.253 e. The molecule has 0 saturated carbocycles. The zero-order chi connectivity index (χ0) is 13.1. The molecule has 0 heterocycles. The van der Waals surface area contributed by atoms with E-state index in [-0.39, 0.29) is 5.69 Å². The Morgan fingerprint density at radius 3 is 2.06 bits per heavy atom. The van der Waals surface area contributed by atoms with Gasteiger partial charge in [0.15, 0.2) is 0 Å². The SMILES string of the molecule is Fc1cc(F)c(C=Nc2ccccc2F)c(F)c1. The highest BCUT2D eigenvalue weighted by atomic mass is 19.1. The average Bonchev–Trinajstić information content (AvgIpc) is 2.30. The molecule has 0 aliphatic rings. The van der Waals surface area contributed by atoms with Crippen LogP contribution in [0.15, 0.2) is 41.4 Å². The summed E-state index contributed by atoms with van der Waals surface area (Å²) < 4.78 is 52.3. The number of halogens is 4. The number of benzene rings is 2. The van der Waals surface area contributed by atoms with Gasteiger partial charge in [-0.05, 0) is 12.1 Å². The Morgan fingerprint density at radius 1 is 0.833 bits per heavy atom. The molecule has 18 heavy (non-hydrogen) atoms. The minimum absolute atomic E-state index is 0.0550. The van der Waals surface area contributed by atoms with Crippen molar-refractivity contribution in [1.29, 1.82) is 0 Å². The molecule has 0 fully saturated rings. The van der Waals surface area contributed by atoms with E-state index in [4.69, 9.17) is 0 Å². The van der Waals surface area contributed by atoms with Crippen molar-refractivity contribution in [3.05, 3.63) is 65.2 Å². The fourth-order valence-electron chi connectivity index (χ4n) is 1.37. The highest BCUT2D eigenvalue weighted by Crippen LogP contribution is 2.18. The molecule has 2 aromatic carbocycles. The first-order chi connectivity index (χ1) is 8.58. The maximum atomic E-state index is 13.2. The minimum atomic E-state index is -1.09. The van der Waals surface area contributed by atoms with Crippen molar-refractivity contribution in [1.82, 2.24) is 0 Å². The van der Waals surface area contributed by atoms with Crippen molar-refractivity contribution in [2.75, 3.05) is 0 Å². The van der Waals surface area contributed by atoms with Crippen molar-refractivity contribution in [3.63, 3.8) is 0 Å². The first-order valence-electron chi connectivity index (χ1n) is 5.01. The number of aliphatic imine (C=N–C) groups is 1. The molecule has 0 radical (unpaired) electrons. The van der Waals surface area contributed by atoms with Crippen LogP contribution in [0.5, 0.6) is 0 Å². The Labute approximate surface area is 100 Å². The molecule has 2 rings (SSSR count). The van der Waals surface area contributed by atoms with Crippen molar-refractivity contribution in [2.45, 2.75) is 0 Å². The molecule has 0 aromatic heterocycles. The molecule has 92 valence electrons. The zero-order valence-electron chi connectivity index (χ0n) is 9.00. The van der Waals surface area contributed by atoms with E-state index in [0.717, 1.165) is 6.21 Å². The summed E-state index contributed by atoms with van der Waals surface area (Å²) in [6, 6.07) is 6.59. The summed E-state index contributed by atoms with van der Waals surface area (Å²) in [5.41, 5.74) is -0.569. The van der Waals surface area contributed by atoms with Gasteiger partial charge in [0.25, 0.3) is 0 Å². The van der Waals surface area contributed by atoms with Crippen LogP contribution in [0.4, 0.5) is 23.2 Å². The van der Waals surface area contributed by atoms with Gasteiger partial charge in [-0.1, -0.05) is 12.1 Å². The normalized spacial score (nSPS) is 11.1. The molecule has 0 aliphatic carbocycles. The highest BCUT2D eigenvalue weighted by molar-refractivity contribution is 5.82. The highest BCUT2D eigenvalue weighted by Gasteiger charge is 2.09. The lowest BCUT2D eigenvalue weighted by Crippen LogP contribution is -1.95. The molecular weight excluding hydrogens is 246 g/mol. The maximum absolute atomic E-state index is 13.2. The van der Waals surface area contributed by atoms with Crippen molar-refractivity contribution in [2.24, 2.45) is 4.99 Å². The van der Waals surface area contributed by atoms with Crippen LogP contribution >= 0.6 is 0 Å². The lowest BCUT2D eigenvalue weighted by atomic mass is 10.2. The van der Waals surface area contributed by atoms with Crippen molar-refractivity contribution >= 4 is 11.9 Å². The van der Waals surface area contributed by atoms with E-state index in [9.17, 15) is 17.6 Å². The van der Waals surface area contributed by atoms with E-state index in [1.54, 1.807) is 0 Å². The average molecular weight is 253 g/mol. The van der Waals surface area contributed by atoms with E-state index in [1.807, 2.05) is 0 Å². The van der Waals surface area contributed by atoms with Crippen LogP contribution in [0.3, 0.4) is 0 Å². The smallest absolute Gasteiger partial charge is 0.148 e. The van der Waals surface area contributed by atoms with Crippen molar-refractivity contribution < 1.29 is 17.6 Å². The van der Waals surface area contributed by atoms with Crippen LogP contribution in [0.25, 0.3) is 0 Å². The summed E-state index contributed by atoms with van der Waals surface area (Å²) in [6.07, 6.45) is 0.822. The van der Waals surface area contributed by atoms with Gasteiger partial charge in [-0.3, -0.25) is 4.99 Å². The van der Waals surface area contributed by atoms with Gasteiger partial charge in [-0.25, -0.2) is 17.6 Å². The van der Waals surface area contributed by atoms with Gasteiger partial charge < -0.3 is 0 Å². The van der Waals surface area contributed by atoms with Gasteiger partial charge in [0.1, 0.15) is 23.3 Å². The third-order valence-electron chi connectivity index (χ3n) is 2.23. The van der Waals surface area contributed by atoms with Crippen LogP contribution in [0.2, 0.25) is 0 Å². The summed E-state index contributed by atoms with van der Waals surface area (Å²) in [4.78, 5) is 3.62. The summed E-state index contributed by atoms with van der Waals surface area (Å²) in [5.74, 6) is -3.81. The zero-order valence-corrected chi connectivity index (χ0v) is 9.00. The van der Waals surface area contributed by atoms with Crippen LogP contribution in [0, 0.1) is 23.3 Å². The summed E-state index contributed by atoms with van der Waals surface area (Å²) >= 11 is 0. The second kappa shape index (κ2) is 5.00. The number of hydrogen-bond donors (Lipinski definition) is 0. The lowest BCUT2D eigenvalue weighted by molar-refractivity contribution is 0.541. The third kappa shape index (κ3) is 2.56. The van der Waals surface area contributed by atoms with Crippen LogP contribution < -0.4 is 0 Å². The monoisotopic (exact) mass is 253 g/mol. The van der Waals surface area contributed by atoms with E-state index in [2.05, 4.69) is 4.99 Å². The molecule has 0 spiro atoms. The maximum Gasteiger partial charge on any atom is 0.148 e. The Morgan fingerprint density at radius 2 is 1.44 bits per heavy atom. The molecule has 1 nitrogen and oxygen atoms in total. The predicted molar refractivity (Wildman–Crippen MR) is 60.0 cm³/mol. The van der Waals surface area contributed by atoms with Gasteiger partial charge >= 0.3 is 0 Å². The first-order valence-corrected chi connectivity index (χ1v) is 5.01. The number of nitrogens with zero attached hydrogens (tertiary/aromatic N) is 1. The second-order valence-electron chi connectivity index (χ2n) is 3.49. The molecule has 0 saturated heterocycles. The molecule has 0 atom stereocenters. The van der Waals surface area contributed by atoms with E-state index in [0.29, 0.717) is 12.1 Å². The van der Waals surface area contributed by atoms with Crippen LogP contribution in [-0.4, -0.2) is 6.21 Å². The summed E-state index contributed by atoms with van der Waals surface area (Å²) in [5, 5.41) is 0. The molecule has 0 amide bonds. The fourth-order valence-corrected chi connectivity index (χ4v) is 1.37. The predicted octanol–water partition coefficient (Wildman–Crippen LogP) is 3.99. The van der Waals surface area contributed by atoms with Crippen molar-refractivity contribution in [3.8, 4) is 0 Å². The topological polar surface area (TPSA) is 12.4 Å². The van der Waals surface area contributed by atoms with E-state index >= 15 is 0 Å². The molecule has 0 unspecified atom stereocenters.